The van der Waals surface area contributed by atoms with Crippen LogP contribution in [-0.2, 0) is 31.5 Å². The molecule has 0 aromatic heterocycles. The number of carbonyl (C=O) groups excluding carboxylic acids is 3. The van der Waals surface area contributed by atoms with Gasteiger partial charge < -0.3 is 9.64 Å². The highest BCUT2D eigenvalue weighted by Crippen LogP contribution is 2.46. The van der Waals surface area contributed by atoms with Crippen LogP contribution in [0.3, 0.4) is 0 Å². The van der Waals surface area contributed by atoms with Gasteiger partial charge in [0.25, 0.3) is 0 Å². The first-order valence-electron chi connectivity index (χ1n) is 8.79. The number of anilines is 1. The SMILES string of the molecule is C[C@@H]1CN2c3ccc(S(C)=O)cc3CC3(C(=O)NC(=O)NC3=O)C2[C@H](C)O1. The first-order chi connectivity index (χ1) is 12.7. The molecule has 2 unspecified atom stereocenters. The second kappa shape index (κ2) is 6.13. The van der Waals surface area contributed by atoms with Crippen molar-refractivity contribution >= 4 is 34.3 Å². The highest BCUT2D eigenvalue weighted by atomic mass is 32.2. The largest absolute Gasteiger partial charge is 0.372 e. The smallest absolute Gasteiger partial charge is 0.328 e. The Labute approximate surface area is 159 Å². The molecule has 0 saturated carbocycles. The molecular formula is C18H21N3O5S. The van der Waals surface area contributed by atoms with Gasteiger partial charge in [-0.25, -0.2) is 4.79 Å². The molecule has 0 aliphatic carbocycles. The number of morpholine rings is 1. The predicted molar refractivity (Wildman–Crippen MR) is 97.7 cm³/mol. The van der Waals surface area contributed by atoms with Crippen LogP contribution < -0.4 is 15.5 Å². The average molecular weight is 391 g/mol. The number of amides is 4. The fourth-order valence-electron chi connectivity index (χ4n) is 4.60. The molecular weight excluding hydrogens is 370 g/mol. The van der Waals surface area contributed by atoms with Crippen LogP contribution in [0.4, 0.5) is 10.5 Å². The van der Waals surface area contributed by atoms with Gasteiger partial charge in [0.2, 0.25) is 11.8 Å². The second-order valence-corrected chi connectivity index (χ2v) is 8.76. The molecule has 3 aliphatic rings. The molecule has 4 amide bonds. The molecule has 2 fully saturated rings. The summed E-state index contributed by atoms with van der Waals surface area (Å²) in [6.07, 6.45) is 1.21. The van der Waals surface area contributed by atoms with Gasteiger partial charge in [0, 0.05) is 34.2 Å². The Morgan fingerprint density at radius 1 is 1.19 bits per heavy atom. The summed E-state index contributed by atoms with van der Waals surface area (Å²) in [5.41, 5.74) is 0.174. The van der Waals surface area contributed by atoms with Crippen LogP contribution in [-0.4, -0.2) is 53.1 Å². The number of nitrogens with one attached hydrogen (secondary N) is 2. The Morgan fingerprint density at radius 2 is 1.85 bits per heavy atom. The number of benzene rings is 1. The van der Waals surface area contributed by atoms with E-state index in [2.05, 4.69) is 10.6 Å². The maximum absolute atomic E-state index is 13.0. The Hall–Kier alpha value is -2.26. The lowest BCUT2D eigenvalue weighted by Crippen LogP contribution is -2.75. The van der Waals surface area contributed by atoms with E-state index in [0.29, 0.717) is 11.4 Å². The second-order valence-electron chi connectivity index (χ2n) is 7.38. The van der Waals surface area contributed by atoms with Gasteiger partial charge in [-0.2, -0.15) is 0 Å². The first-order valence-corrected chi connectivity index (χ1v) is 10.3. The van der Waals surface area contributed by atoms with Gasteiger partial charge in [0.1, 0.15) is 0 Å². The van der Waals surface area contributed by atoms with Gasteiger partial charge in [-0.3, -0.25) is 24.4 Å². The summed E-state index contributed by atoms with van der Waals surface area (Å²) in [4.78, 5) is 40.2. The van der Waals surface area contributed by atoms with Crippen molar-refractivity contribution in [3.8, 4) is 0 Å². The number of fused-ring (bicyclic) bond motifs is 4. The fraction of sp³-hybridized carbons (Fsp3) is 0.500. The van der Waals surface area contributed by atoms with E-state index < -0.39 is 46.2 Å². The van der Waals surface area contributed by atoms with Crippen molar-refractivity contribution in [2.24, 2.45) is 5.41 Å². The summed E-state index contributed by atoms with van der Waals surface area (Å²) in [6, 6.07) is 4.12. The highest BCUT2D eigenvalue weighted by Gasteiger charge is 2.62. The average Bonchev–Trinajstić information content (AvgIpc) is 2.58. The molecule has 1 spiro atoms. The summed E-state index contributed by atoms with van der Waals surface area (Å²) in [7, 11) is -1.19. The van der Waals surface area contributed by atoms with Crippen molar-refractivity contribution in [2.75, 3.05) is 17.7 Å². The predicted octanol–water partition coefficient (Wildman–Crippen LogP) is 0.315. The van der Waals surface area contributed by atoms with Gasteiger partial charge in [0.15, 0.2) is 5.41 Å². The molecule has 4 atom stereocenters. The maximum Gasteiger partial charge on any atom is 0.328 e. The van der Waals surface area contributed by atoms with E-state index in [-0.39, 0.29) is 12.5 Å². The van der Waals surface area contributed by atoms with E-state index in [0.717, 1.165) is 11.3 Å². The summed E-state index contributed by atoms with van der Waals surface area (Å²) in [5.74, 6) is -1.24. The molecule has 8 nitrogen and oxygen atoms in total. The number of barbiturate groups is 1. The third-order valence-electron chi connectivity index (χ3n) is 5.61. The van der Waals surface area contributed by atoms with Crippen molar-refractivity contribution < 1.29 is 23.3 Å². The number of carbonyl (C=O) groups is 3. The maximum atomic E-state index is 13.0. The van der Waals surface area contributed by atoms with E-state index in [1.807, 2.05) is 24.8 Å². The lowest BCUT2D eigenvalue weighted by Gasteiger charge is -2.55. The highest BCUT2D eigenvalue weighted by molar-refractivity contribution is 7.84. The molecule has 3 heterocycles. The van der Waals surface area contributed by atoms with Gasteiger partial charge in [-0.1, -0.05) is 0 Å². The lowest BCUT2D eigenvalue weighted by molar-refractivity contribution is -0.153. The van der Waals surface area contributed by atoms with Crippen LogP contribution in [0.5, 0.6) is 0 Å². The van der Waals surface area contributed by atoms with Gasteiger partial charge >= 0.3 is 6.03 Å². The minimum Gasteiger partial charge on any atom is -0.372 e. The number of nitrogens with zero attached hydrogens (tertiary/aromatic N) is 1. The zero-order valence-electron chi connectivity index (χ0n) is 15.3. The lowest BCUT2D eigenvalue weighted by atomic mass is 9.66. The van der Waals surface area contributed by atoms with Gasteiger partial charge in [-0.15, -0.1) is 0 Å². The Kier molecular flexibility index (Phi) is 4.12. The number of rotatable bonds is 1. The van der Waals surface area contributed by atoms with E-state index >= 15 is 0 Å². The normalized spacial score (nSPS) is 30.3. The molecule has 27 heavy (non-hydrogen) atoms. The number of ether oxygens (including phenoxy) is 1. The first kappa shape index (κ1) is 18.1. The molecule has 0 bridgehead atoms. The Morgan fingerprint density at radius 3 is 2.48 bits per heavy atom. The Balaban J connectivity index is 1.92. The number of imide groups is 2. The van der Waals surface area contributed by atoms with Crippen molar-refractivity contribution in [3.05, 3.63) is 23.8 Å². The number of hydrogen-bond donors (Lipinski definition) is 2. The number of hydrogen-bond acceptors (Lipinski definition) is 6. The van der Waals surface area contributed by atoms with Crippen LogP contribution in [0.1, 0.15) is 19.4 Å². The number of urea groups is 1. The van der Waals surface area contributed by atoms with E-state index in [1.165, 1.54) is 0 Å². The zero-order chi connectivity index (χ0) is 19.5. The van der Waals surface area contributed by atoms with E-state index in [1.54, 1.807) is 18.4 Å². The summed E-state index contributed by atoms with van der Waals surface area (Å²) < 4.78 is 17.9. The Bertz CT molecular complexity index is 866. The molecule has 2 N–H and O–H groups in total. The standard InChI is InChI=1S/C18H21N3O5S/c1-9-8-21-13-5-4-12(27(3)25)6-11(13)7-18(14(21)10(2)26-9)15(22)19-17(24)20-16(18)23/h4-6,9-10,14H,7-8H2,1-3H3,(H2,19,20,22,23,24)/t9-,10+,14?,27?/m1/s1. The van der Waals surface area contributed by atoms with Crippen LogP contribution in [0, 0.1) is 5.41 Å². The monoisotopic (exact) mass is 391 g/mol. The van der Waals surface area contributed by atoms with Crippen LogP contribution in [0.25, 0.3) is 0 Å². The zero-order valence-corrected chi connectivity index (χ0v) is 16.1. The van der Waals surface area contributed by atoms with Crippen molar-refractivity contribution in [1.29, 1.82) is 0 Å². The third kappa shape index (κ3) is 2.60. The summed E-state index contributed by atoms with van der Waals surface area (Å²) in [5, 5.41) is 4.50. The van der Waals surface area contributed by atoms with Crippen LogP contribution in [0.15, 0.2) is 23.1 Å². The molecule has 3 aliphatic heterocycles. The van der Waals surface area contributed by atoms with Crippen molar-refractivity contribution in [1.82, 2.24) is 10.6 Å². The van der Waals surface area contributed by atoms with Gasteiger partial charge in [0.05, 0.1) is 18.2 Å². The minimum absolute atomic E-state index is 0.0874. The molecule has 0 radical (unpaired) electrons. The van der Waals surface area contributed by atoms with Crippen molar-refractivity contribution in [3.63, 3.8) is 0 Å². The molecule has 2 saturated heterocycles. The third-order valence-corrected chi connectivity index (χ3v) is 6.53. The summed E-state index contributed by atoms with van der Waals surface area (Å²) in [6.45, 7) is 4.28. The minimum atomic E-state index is -1.49. The van der Waals surface area contributed by atoms with E-state index in [4.69, 9.17) is 4.74 Å². The molecule has 144 valence electrons. The fourth-order valence-corrected chi connectivity index (χ4v) is 5.17. The molecule has 9 heteroatoms. The topological polar surface area (TPSA) is 105 Å². The quantitative estimate of drug-likeness (QED) is 0.668. The van der Waals surface area contributed by atoms with E-state index in [9.17, 15) is 18.6 Å². The van der Waals surface area contributed by atoms with Crippen molar-refractivity contribution in [2.45, 2.75) is 43.4 Å². The molecule has 1 aromatic carbocycles. The summed E-state index contributed by atoms with van der Waals surface area (Å²) >= 11 is 0. The van der Waals surface area contributed by atoms with Gasteiger partial charge in [-0.05, 0) is 44.0 Å². The molecule has 1 aromatic rings. The van der Waals surface area contributed by atoms with Crippen LogP contribution in [0.2, 0.25) is 0 Å². The molecule has 4 rings (SSSR count). The van der Waals surface area contributed by atoms with Crippen LogP contribution >= 0.6 is 0 Å².